The molecular formula is C24H21N7OS. The Bertz CT molecular complexity index is 1450. The molecular weight excluding hydrogens is 434 g/mol. The zero-order valence-electron chi connectivity index (χ0n) is 18.3. The maximum Gasteiger partial charge on any atom is 0.258 e. The molecule has 8 nitrogen and oxygen atoms in total. The van der Waals surface area contributed by atoms with Crippen LogP contribution in [0.3, 0.4) is 0 Å². The molecule has 0 fully saturated rings. The van der Waals surface area contributed by atoms with E-state index in [0.717, 1.165) is 22.6 Å². The van der Waals surface area contributed by atoms with E-state index in [0.29, 0.717) is 22.2 Å². The Morgan fingerprint density at radius 3 is 2.42 bits per heavy atom. The van der Waals surface area contributed by atoms with E-state index in [9.17, 15) is 4.79 Å². The average molecular weight is 456 g/mol. The number of anilines is 3. The molecule has 0 unspecified atom stereocenters. The summed E-state index contributed by atoms with van der Waals surface area (Å²) < 4.78 is 1.75. The second-order valence-corrected chi connectivity index (χ2v) is 8.59. The summed E-state index contributed by atoms with van der Waals surface area (Å²) in [7, 11) is 0. The van der Waals surface area contributed by atoms with Crippen LogP contribution in [-0.2, 0) is 0 Å². The number of rotatable bonds is 5. The second-order valence-electron chi connectivity index (χ2n) is 7.75. The summed E-state index contributed by atoms with van der Waals surface area (Å²) >= 11 is 1.48. The SMILES string of the molecule is Cc1ccc(-c2csc3nc(NC(=O)c4cccc(Nc5nc(C)cc(C)n5)c4)nn23)cc1. The number of nitrogens with zero attached hydrogens (tertiary/aromatic N) is 5. The molecule has 5 rings (SSSR count). The van der Waals surface area contributed by atoms with Gasteiger partial charge in [-0.15, -0.1) is 16.4 Å². The molecule has 2 N–H and O–H groups in total. The third-order valence-corrected chi connectivity index (χ3v) is 5.83. The van der Waals surface area contributed by atoms with Crippen molar-refractivity contribution in [2.45, 2.75) is 20.8 Å². The molecule has 164 valence electrons. The lowest BCUT2D eigenvalue weighted by Gasteiger charge is -2.08. The van der Waals surface area contributed by atoms with Crippen LogP contribution >= 0.6 is 11.3 Å². The van der Waals surface area contributed by atoms with Crippen molar-refractivity contribution in [3.63, 3.8) is 0 Å². The maximum atomic E-state index is 12.9. The molecule has 2 aromatic carbocycles. The molecule has 9 heteroatoms. The molecule has 3 heterocycles. The third kappa shape index (κ3) is 4.44. The summed E-state index contributed by atoms with van der Waals surface area (Å²) in [6.45, 7) is 5.88. The van der Waals surface area contributed by atoms with Gasteiger partial charge in [-0.2, -0.15) is 4.98 Å². The molecule has 0 spiro atoms. The minimum atomic E-state index is -0.296. The van der Waals surface area contributed by atoms with Crippen molar-refractivity contribution in [1.82, 2.24) is 24.6 Å². The van der Waals surface area contributed by atoms with E-state index in [-0.39, 0.29) is 11.9 Å². The van der Waals surface area contributed by atoms with E-state index in [2.05, 4.69) is 61.9 Å². The van der Waals surface area contributed by atoms with Crippen molar-refractivity contribution in [2.24, 2.45) is 0 Å². The Kier molecular flexibility index (Phi) is 5.31. The Morgan fingerprint density at radius 2 is 1.67 bits per heavy atom. The van der Waals surface area contributed by atoms with Gasteiger partial charge in [0.15, 0.2) is 0 Å². The van der Waals surface area contributed by atoms with Gasteiger partial charge in [0, 0.05) is 33.6 Å². The van der Waals surface area contributed by atoms with Crippen LogP contribution in [0.25, 0.3) is 16.2 Å². The molecule has 5 aromatic rings. The van der Waals surface area contributed by atoms with Crippen molar-refractivity contribution in [3.8, 4) is 11.3 Å². The molecule has 0 aliphatic carbocycles. The van der Waals surface area contributed by atoms with Gasteiger partial charge in [-0.3, -0.25) is 10.1 Å². The Balaban J connectivity index is 1.35. The molecule has 0 saturated carbocycles. The van der Waals surface area contributed by atoms with Crippen molar-refractivity contribution in [1.29, 1.82) is 0 Å². The quantitative estimate of drug-likeness (QED) is 0.380. The van der Waals surface area contributed by atoms with Crippen molar-refractivity contribution < 1.29 is 4.79 Å². The molecule has 33 heavy (non-hydrogen) atoms. The van der Waals surface area contributed by atoms with Crippen molar-refractivity contribution in [3.05, 3.63) is 82.5 Å². The van der Waals surface area contributed by atoms with Gasteiger partial charge >= 0.3 is 0 Å². The van der Waals surface area contributed by atoms with E-state index >= 15 is 0 Å². The van der Waals surface area contributed by atoms with Gasteiger partial charge in [0.05, 0.1) is 5.69 Å². The fourth-order valence-electron chi connectivity index (χ4n) is 3.48. The van der Waals surface area contributed by atoms with E-state index in [1.165, 1.54) is 16.9 Å². The number of amides is 1. The largest absolute Gasteiger partial charge is 0.324 e. The van der Waals surface area contributed by atoms with E-state index in [4.69, 9.17) is 0 Å². The third-order valence-electron chi connectivity index (χ3n) is 5.02. The van der Waals surface area contributed by atoms with E-state index < -0.39 is 0 Å². The highest BCUT2D eigenvalue weighted by molar-refractivity contribution is 7.15. The molecule has 0 aliphatic heterocycles. The molecule has 0 radical (unpaired) electrons. The van der Waals surface area contributed by atoms with Crippen LogP contribution in [0.5, 0.6) is 0 Å². The number of aryl methyl sites for hydroxylation is 3. The average Bonchev–Trinajstić information content (AvgIpc) is 3.34. The number of thiazole rings is 1. The molecule has 0 aliphatic rings. The van der Waals surface area contributed by atoms with Gasteiger partial charge in [-0.1, -0.05) is 35.9 Å². The number of benzene rings is 2. The lowest BCUT2D eigenvalue weighted by atomic mass is 10.1. The number of carbonyl (C=O) groups excluding carboxylic acids is 1. The summed E-state index contributed by atoms with van der Waals surface area (Å²) in [5.74, 6) is 0.455. The number of carbonyl (C=O) groups is 1. The van der Waals surface area contributed by atoms with E-state index in [1.54, 1.807) is 22.7 Å². The number of nitrogens with one attached hydrogen (secondary N) is 2. The summed E-state index contributed by atoms with van der Waals surface area (Å²) in [6, 6.07) is 17.3. The topological polar surface area (TPSA) is 97.1 Å². The van der Waals surface area contributed by atoms with Crippen LogP contribution in [0.2, 0.25) is 0 Å². The summed E-state index contributed by atoms with van der Waals surface area (Å²) in [5, 5.41) is 12.5. The number of hydrogen-bond acceptors (Lipinski definition) is 7. The van der Waals surface area contributed by atoms with Gasteiger partial charge in [-0.05, 0) is 45.0 Å². The fraction of sp³-hybridized carbons (Fsp3) is 0.125. The van der Waals surface area contributed by atoms with Gasteiger partial charge in [0.25, 0.3) is 11.9 Å². The Labute approximate surface area is 194 Å². The maximum absolute atomic E-state index is 12.9. The Morgan fingerprint density at radius 1 is 0.909 bits per heavy atom. The minimum absolute atomic E-state index is 0.260. The first-order valence-corrected chi connectivity index (χ1v) is 11.2. The predicted octanol–water partition coefficient (Wildman–Crippen LogP) is 5.17. The molecule has 0 atom stereocenters. The van der Waals surface area contributed by atoms with Crippen molar-refractivity contribution in [2.75, 3.05) is 10.6 Å². The van der Waals surface area contributed by atoms with Gasteiger partial charge in [-0.25, -0.2) is 14.5 Å². The summed E-state index contributed by atoms with van der Waals surface area (Å²) in [6.07, 6.45) is 0. The number of aromatic nitrogens is 5. The molecule has 3 aromatic heterocycles. The first-order valence-electron chi connectivity index (χ1n) is 10.4. The fourth-order valence-corrected chi connectivity index (χ4v) is 4.31. The molecule has 1 amide bonds. The lowest BCUT2D eigenvalue weighted by molar-refractivity contribution is 0.102. The van der Waals surface area contributed by atoms with Gasteiger partial charge < -0.3 is 5.32 Å². The minimum Gasteiger partial charge on any atom is -0.324 e. The summed E-state index contributed by atoms with van der Waals surface area (Å²) in [4.78, 5) is 26.8. The van der Waals surface area contributed by atoms with Gasteiger partial charge in [0.2, 0.25) is 10.9 Å². The first-order chi connectivity index (χ1) is 15.9. The highest BCUT2D eigenvalue weighted by atomic mass is 32.1. The van der Waals surface area contributed by atoms with Crippen LogP contribution < -0.4 is 10.6 Å². The van der Waals surface area contributed by atoms with Crippen LogP contribution in [-0.4, -0.2) is 30.5 Å². The standard InChI is InChI=1S/C24H21N7OS/c1-14-7-9-17(10-8-14)20-13-33-24-29-23(30-31(20)24)28-21(32)18-5-4-6-19(12-18)27-22-25-15(2)11-16(3)26-22/h4-13H,1-3H3,(H,25,26,27)(H,28,30,32). The highest BCUT2D eigenvalue weighted by Gasteiger charge is 2.15. The molecule has 0 bridgehead atoms. The molecule has 0 saturated heterocycles. The smallest absolute Gasteiger partial charge is 0.258 e. The number of fused-ring (bicyclic) bond motifs is 1. The van der Waals surface area contributed by atoms with Crippen molar-refractivity contribution >= 4 is 39.8 Å². The van der Waals surface area contributed by atoms with Crippen LogP contribution in [0.4, 0.5) is 17.6 Å². The van der Waals surface area contributed by atoms with E-state index in [1.807, 2.05) is 31.4 Å². The monoisotopic (exact) mass is 455 g/mol. The van der Waals surface area contributed by atoms with Crippen LogP contribution in [0, 0.1) is 20.8 Å². The normalized spacial score (nSPS) is 11.0. The van der Waals surface area contributed by atoms with Gasteiger partial charge in [0.1, 0.15) is 0 Å². The highest BCUT2D eigenvalue weighted by Crippen LogP contribution is 2.26. The second kappa shape index (κ2) is 8.44. The van der Waals surface area contributed by atoms with Crippen LogP contribution in [0.1, 0.15) is 27.3 Å². The number of hydrogen-bond donors (Lipinski definition) is 2. The van der Waals surface area contributed by atoms with Crippen LogP contribution in [0.15, 0.2) is 60.0 Å². The lowest BCUT2D eigenvalue weighted by Crippen LogP contribution is -2.13. The zero-order valence-corrected chi connectivity index (χ0v) is 19.1. The summed E-state index contributed by atoms with van der Waals surface area (Å²) in [5.41, 5.74) is 6.10. The Hall–Kier alpha value is -4.11. The first kappa shape index (κ1) is 20.8. The predicted molar refractivity (Wildman–Crippen MR) is 130 cm³/mol. The zero-order chi connectivity index (χ0) is 22.9.